The Morgan fingerprint density at radius 2 is 1.54 bits per heavy atom. The maximum atomic E-state index is 13.0. The van der Waals surface area contributed by atoms with Gasteiger partial charge in [-0.1, -0.05) is 48.5 Å². The van der Waals surface area contributed by atoms with Crippen molar-refractivity contribution in [2.75, 3.05) is 55.3 Å². The molecular weight excluding hydrogens is 655 g/mol. The zero-order valence-electron chi connectivity index (χ0n) is 26.0. The summed E-state index contributed by atoms with van der Waals surface area (Å²) in [7, 11) is -4.40. The molecule has 1 heterocycles. The van der Waals surface area contributed by atoms with E-state index in [2.05, 4.69) is 10.2 Å². The zero-order chi connectivity index (χ0) is 33.9. The van der Waals surface area contributed by atoms with E-state index in [0.717, 1.165) is 22.2 Å². The van der Waals surface area contributed by atoms with Crippen molar-refractivity contribution in [1.29, 1.82) is 0 Å². The number of hydrogen-bond acceptors (Lipinski definition) is 10. The molecule has 0 atom stereocenters. The average molecular weight is 690 g/mol. The molecule has 2 N–H and O–H groups in total. The Morgan fingerprint density at radius 1 is 0.875 bits per heavy atom. The Hall–Kier alpha value is -4.92. The second kappa shape index (κ2) is 16.3. The van der Waals surface area contributed by atoms with Crippen LogP contribution in [0.4, 0.5) is 17.1 Å². The maximum Gasteiger partial charge on any atom is 0.293 e. The summed E-state index contributed by atoms with van der Waals surface area (Å²) in [5, 5.41) is 14.7. The lowest BCUT2D eigenvalue weighted by Gasteiger charge is -2.36. The molecule has 0 spiro atoms. The lowest BCUT2D eigenvalue weighted by Crippen LogP contribution is -2.49. The molecule has 4 aromatic rings. The van der Waals surface area contributed by atoms with Gasteiger partial charge in [0.1, 0.15) is 12.3 Å². The number of sulfonamides is 1. The fourth-order valence-corrected chi connectivity index (χ4v) is 6.83. The van der Waals surface area contributed by atoms with Crippen LogP contribution in [-0.4, -0.2) is 75.1 Å². The molecule has 12 nitrogen and oxygen atoms in total. The monoisotopic (exact) mass is 689 g/mol. The van der Waals surface area contributed by atoms with Crippen LogP contribution in [0.3, 0.4) is 0 Å². The van der Waals surface area contributed by atoms with Gasteiger partial charge in [0, 0.05) is 60.7 Å². The van der Waals surface area contributed by atoms with Gasteiger partial charge in [0.15, 0.2) is 0 Å². The summed E-state index contributed by atoms with van der Waals surface area (Å²) in [5.74, 6) is -0.306. The van der Waals surface area contributed by atoms with Crippen molar-refractivity contribution < 1.29 is 27.7 Å². The van der Waals surface area contributed by atoms with Crippen molar-refractivity contribution >= 4 is 50.7 Å². The average Bonchev–Trinajstić information content (AvgIpc) is 3.11. The van der Waals surface area contributed by atoms with Crippen molar-refractivity contribution in [3.63, 3.8) is 0 Å². The van der Waals surface area contributed by atoms with Crippen molar-refractivity contribution in [3.8, 4) is 0 Å². The largest absolute Gasteiger partial charge is 0.379 e. The first kappa shape index (κ1) is 34.4. The SMILES string of the molecule is O=C(NS(=O)(=O)c1ccc(NCCSc2ccccc2)c([N+](=O)[O-])c1)c1ccc(N2CCN(C(=O)COCc3ccccc3)CC2)cc1. The molecule has 1 aliphatic heterocycles. The Bertz CT molecular complexity index is 1820. The number of carbonyl (C=O) groups excluding carboxylic acids is 2. The third-order valence-electron chi connectivity index (χ3n) is 7.60. The first-order valence-electron chi connectivity index (χ1n) is 15.2. The molecule has 250 valence electrons. The van der Waals surface area contributed by atoms with Crippen LogP contribution in [0.25, 0.3) is 0 Å². The van der Waals surface area contributed by atoms with Gasteiger partial charge in [0.2, 0.25) is 5.91 Å². The van der Waals surface area contributed by atoms with Gasteiger partial charge < -0.3 is 19.9 Å². The summed E-state index contributed by atoms with van der Waals surface area (Å²) < 4.78 is 33.6. The van der Waals surface area contributed by atoms with Crippen LogP contribution in [0.5, 0.6) is 0 Å². The third-order valence-corrected chi connectivity index (χ3v) is 9.94. The molecule has 0 radical (unpaired) electrons. The summed E-state index contributed by atoms with van der Waals surface area (Å²) in [6, 6.07) is 29.3. The summed E-state index contributed by atoms with van der Waals surface area (Å²) in [5.41, 5.74) is 1.69. The van der Waals surface area contributed by atoms with E-state index in [0.29, 0.717) is 45.1 Å². The highest BCUT2D eigenvalue weighted by Crippen LogP contribution is 2.28. The van der Waals surface area contributed by atoms with Gasteiger partial charge in [-0.25, -0.2) is 13.1 Å². The number of hydrogen-bond donors (Lipinski definition) is 2. The molecule has 0 aliphatic carbocycles. The van der Waals surface area contributed by atoms with Crippen LogP contribution >= 0.6 is 11.8 Å². The number of rotatable bonds is 14. The van der Waals surface area contributed by atoms with Crippen molar-refractivity contribution in [3.05, 3.63) is 124 Å². The highest BCUT2D eigenvalue weighted by atomic mass is 32.2. The van der Waals surface area contributed by atoms with Crippen molar-refractivity contribution in [1.82, 2.24) is 9.62 Å². The Balaban J connectivity index is 1.11. The molecule has 1 aliphatic rings. The molecule has 0 bridgehead atoms. The second-order valence-electron chi connectivity index (χ2n) is 10.9. The highest BCUT2D eigenvalue weighted by molar-refractivity contribution is 7.99. The number of nitrogens with zero attached hydrogens (tertiary/aromatic N) is 3. The van der Waals surface area contributed by atoms with Crippen molar-refractivity contribution in [2.45, 2.75) is 16.4 Å². The van der Waals surface area contributed by atoms with E-state index in [1.165, 1.54) is 24.3 Å². The van der Waals surface area contributed by atoms with E-state index in [4.69, 9.17) is 4.74 Å². The number of ether oxygens (including phenoxy) is 1. The van der Waals surface area contributed by atoms with Gasteiger partial charge >= 0.3 is 0 Å². The molecule has 48 heavy (non-hydrogen) atoms. The number of anilines is 2. The number of carbonyl (C=O) groups is 2. The number of benzene rings is 4. The number of amides is 2. The minimum absolute atomic E-state index is 0.00438. The zero-order valence-corrected chi connectivity index (χ0v) is 27.6. The Labute approximate surface area is 283 Å². The second-order valence-corrected chi connectivity index (χ2v) is 13.7. The van der Waals surface area contributed by atoms with Gasteiger partial charge in [-0.05, 0) is 54.1 Å². The van der Waals surface area contributed by atoms with E-state index in [-0.39, 0.29) is 23.8 Å². The topological polar surface area (TPSA) is 151 Å². The normalized spacial score (nSPS) is 13.2. The number of nitrogens with one attached hydrogen (secondary N) is 2. The van der Waals surface area contributed by atoms with E-state index >= 15 is 0 Å². The van der Waals surface area contributed by atoms with Gasteiger partial charge in [-0.2, -0.15) is 0 Å². The summed E-state index contributed by atoms with van der Waals surface area (Å²) in [4.78, 5) is 41.0. The van der Waals surface area contributed by atoms with Crippen LogP contribution in [-0.2, 0) is 26.2 Å². The first-order chi connectivity index (χ1) is 23.2. The number of thioether (sulfide) groups is 1. The van der Waals surface area contributed by atoms with Crippen LogP contribution in [0.15, 0.2) is 113 Å². The predicted molar refractivity (Wildman–Crippen MR) is 185 cm³/mol. The Kier molecular flexibility index (Phi) is 11.7. The molecule has 5 rings (SSSR count). The van der Waals surface area contributed by atoms with Gasteiger partial charge in [-0.3, -0.25) is 19.7 Å². The van der Waals surface area contributed by atoms with Gasteiger partial charge in [0.25, 0.3) is 21.6 Å². The number of nitro groups is 1. The molecular formula is C34H35N5O7S2. The Morgan fingerprint density at radius 3 is 2.21 bits per heavy atom. The molecule has 1 saturated heterocycles. The molecule has 14 heteroatoms. The molecule has 2 amide bonds. The van der Waals surface area contributed by atoms with Crippen molar-refractivity contribution in [2.24, 2.45) is 0 Å². The van der Waals surface area contributed by atoms with Crippen LogP contribution < -0.4 is 14.9 Å². The molecule has 1 fully saturated rings. The fourth-order valence-electron chi connectivity index (χ4n) is 5.05. The number of nitro benzene ring substituents is 1. The lowest BCUT2D eigenvalue weighted by molar-refractivity contribution is -0.384. The van der Waals surface area contributed by atoms with Gasteiger partial charge in [0.05, 0.1) is 16.4 Å². The minimum atomic E-state index is -4.40. The lowest BCUT2D eigenvalue weighted by atomic mass is 10.1. The molecule has 0 unspecified atom stereocenters. The molecule has 4 aromatic carbocycles. The quantitative estimate of drug-likeness (QED) is 0.0819. The minimum Gasteiger partial charge on any atom is -0.379 e. The van der Waals surface area contributed by atoms with E-state index in [9.17, 15) is 28.1 Å². The van der Waals surface area contributed by atoms with Crippen LogP contribution in [0.1, 0.15) is 15.9 Å². The highest BCUT2D eigenvalue weighted by Gasteiger charge is 2.25. The van der Waals surface area contributed by atoms with Gasteiger partial charge in [-0.15, -0.1) is 11.8 Å². The summed E-state index contributed by atoms with van der Waals surface area (Å²) >= 11 is 1.58. The standard InChI is InChI=1S/C34H35N5O7S2/c40-33(25-46-24-26-7-3-1-4-8-26)38-20-18-37(19-21-38)28-13-11-27(12-14-28)34(41)36-48(44,45)30-15-16-31(32(23-30)39(42)43)35-17-22-47-29-9-5-2-6-10-29/h1-16,23,35H,17-22,24-25H2,(H,36,41). The summed E-state index contributed by atoms with van der Waals surface area (Å²) in [6.07, 6.45) is 0. The predicted octanol–water partition coefficient (Wildman–Crippen LogP) is 4.78. The fraction of sp³-hybridized carbons (Fsp3) is 0.235. The number of piperazine rings is 1. The van der Waals surface area contributed by atoms with Crippen LogP contribution in [0, 0.1) is 10.1 Å². The smallest absolute Gasteiger partial charge is 0.293 e. The third kappa shape index (κ3) is 9.33. The van der Waals surface area contributed by atoms with E-state index in [1.54, 1.807) is 28.8 Å². The summed E-state index contributed by atoms with van der Waals surface area (Å²) in [6.45, 7) is 2.98. The maximum absolute atomic E-state index is 13.0. The van der Waals surface area contributed by atoms with E-state index < -0.39 is 31.4 Å². The van der Waals surface area contributed by atoms with E-state index in [1.807, 2.05) is 65.4 Å². The van der Waals surface area contributed by atoms with Crippen LogP contribution in [0.2, 0.25) is 0 Å². The first-order valence-corrected chi connectivity index (χ1v) is 17.7. The molecule has 0 aromatic heterocycles. The molecule has 0 saturated carbocycles.